The quantitative estimate of drug-likeness (QED) is 0.341. The summed E-state index contributed by atoms with van der Waals surface area (Å²) in [7, 11) is 0. The lowest BCUT2D eigenvalue weighted by Crippen LogP contribution is -2.26. The largest absolute Gasteiger partial charge is 0.420 e. The summed E-state index contributed by atoms with van der Waals surface area (Å²) in [6.07, 6.45) is -6.77. The third-order valence-electron chi connectivity index (χ3n) is 2.27. The molecule has 0 aliphatic rings. The van der Waals surface area contributed by atoms with Gasteiger partial charge in [0, 0.05) is 0 Å². The van der Waals surface area contributed by atoms with Gasteiger partial charge >= 0.3 is 12.4 Å². The van der Waals surface area contributed by atoms with Crippen molar-refractivity contribution in [2.75, 3.05) is 0 Å². The van der Waals surface area contributed by atoms with Gasteiger partial charge in [-0.05, 0) is 12.8 Å². The number of alkyl halides is 6. The van der Waals surface area contributed by atoms with Crippen molar-refractivity contribution in [1.29, 1.82) is 0 Å². The summed E-state index contributed by atoms with van der Waals surface area (Å²) in [5.74, 6) is 0. The van der Waals surface area contributed by atoms with E-state index in [1.54, 1.807) is 0 Å². The van der Waals surface area contributed by atoms with Crippen molar-refractivity contribution in [1.82, 2.24) is 0 Å². The molecular formula is C11H16F6. The minimum Gasteiger partial charge on any atom is -0.166 e. The van der Waals surface area contributed by atoms with Crippen molar-refractivity contribution in [2.24, 2.45) is 0 Å². The van der Waals surface area contributed by atoms with Gasteiger partial charge in [-0.2, -0.15) is 26.3 Å². The third kappa shape index (κ3) is 7.28. The smallest absolute Gasteiger partial charge is 0.166 e. The Balaban J connectivity index is 4.24. The zero-order chi connectivity index (χ0) is 13.5. The first-order chi connectivity index (χ1) is 7.69. The second-order valence-electron chi connectivity index (χ2n) is 3.82. The van der Waals surface area contributed by atoms with Crippen molar-refractivity contribution in [3.63, 3.8) is 0 Å². The van der Waals surface area contributed by atoms with Gasteiger partial charge in [0.1, 0.15) is 5.57 Å². The normalized spacial score (nSPS) is 12.6. The van der Waals surface area contributed by atoms with Crippen molar-refractivity contribution in [3.8, 4) is 0 Å². The van der Waals surface area contributed by atoms with Crippen molar-refractivity contribution < 1.29 is 26.3 Å². The summed E-state index contributed by atoms with van der Waals surface area (Å²) in [4.78, 5) is 0. The molecule has 0 N–H and O–H groups in total. The Kier molecular flexibility index (Phi) is 6.64. The predicted molar refractivity (Wildman–Crippen MR) is 53.6 cm³/mol. The van der Waals surface area contributed by atoms with E-state index in [1.807, 2.05) is 6.92 Å². The van der Waals surface area contributed by atoms with Gasteiger partial charge in [-0.25, -0.2) is 0 Å². The van der Waals surface area contributed by atoms with Crippen LogP contribution in [-0.2, 0) is 0 Å². The maximum absolute atomic E-state index is 12.1. The molecule has 0 rings (SSSR count). The van der Waals surface area contributed by atoms with Crippen LogP contribution in [0.4, 0.5) is 26.3 Å². The molecule has 0 aliphatic carbocycles. The monoisotopic (exact) mass is 262 g/mol. The molecule has 0 heterocycles. The van der Waals surface area contributed by atoms with Crippen molar-refractivity contribution >= 4 is 0 Å². The standard InChI is InChI=1S/C11H16F6/c1-2-3-4-5-6-7-8-9(10(12,13)14)11(15,16)17/h8H,2-7H2,1H3. The molecular weight excluding hydrogens is 246 g/mol. The van der Waals surface area contributed by atoms with Crippen LogP contribution in [0.25, 0.3) is 0 Å². The van der Waals surface area contributed by atoms with Crippen LogP contribution in [-0.4, -0.2) is 12.4 Å². The molecule has 0 bridgehead atoms. The molecule has 0 saturated heterocycles. The Bertz CT molecular complexity index is 219. The number of hydrogen-bond acceptors (Lipinski definition) is 0. The number of halogens is 6. The highest BCUT2D eigenvalue weighted by atomic mass is 19.4. The van der Waals surface area contributed by atoms with Gasteiger partial charge in [0.15, 0.2) is 0 Å². The second-order valence-corrected chi connectivity index (χ2v) is 3.82. The lowest BCUT2D eigenvalue weighted by atomic mass is 10.1. The maximum Gasteiger partial charge on any atom is 0.420 e. The summed E-state index contributed by atoms with van der Waals surface area (Å²) in [6, 6.07) is 0. The van der Waals surface area contributed by atoms with E-state index in [2.05, 4.69) is 0 Å². The fourth-order valence-corrected chi connectivity index (χ4v) is 1.39. The summed E-state index contributed by atoms with van der Waals surface area (Å²) in [5, 5.41) is 0. The van der Waals surface area contributed by atoms with E-state index in [1.165, 1.54) is 0 Å². The van der Waals surface area contributed by atoms with E-state index in [-0.39, 0.29) is 12.5 Å². The molecule has 0 amide bonds. The van der Waals surface area contributed by atoms with Crippen molar-refractivity contribution in [3.05, 3.63) is 11.6 Å². The summed E-state index contributed by atoms with van der Waals surface area (Å²) < 4.78 is 72.3. The van der Waals surface area contributed by atoms with E-state index in [0.717, 1.165) is 19.3 Å². The predicted octanol–water partition coefficient (Wildman–Crippen LogP) is 5.40. The summed E-state index contributed by atoms with van der Waals surface area (Å²) >= 11 is 0. The van der Waals surface area contributed by atoms with Crippen LogP contribution in [0.15, 0.2) is 11.6 Å². The molecule has 102 valence electrons. The molecule has 0 unspecified atom stereocenters. The second kappa shape index (κ2) is 6.91. The molecule has 0 radical (unpaired) electrons. The van der Waals surface area contributed by atoms with E-state index in [0.29, 0.717) is 12.8 Å². The Labute approximate surface area is 96.7 Å². The van der Waals surface area contributed by atoms with Crippen LogP contribution in [0.3, 0.4) is 0 Å². The molecule has 6 heteroatoms. The van der Waals surface area contributed by atoms with Crippen LogP contribution < -0.4 is 0 Å². The summed E-state index contributed by atoms with van der Waals surface area (Å²) in [5.41, 5.74) is -2.39. The third-order valence-corrected chi connectivity index (χ3v) is 2.27. The van der Waals surface area contributed by atoms with E-state index in [4.69, 9.17) is 0 Å². The molecule has 0 saturated carbocycles. The average Bonchev–Trinajstić information content (AvgIpc) is 2.12. The average molecular weight is 262 g/mol. The van der Waals surface area contributed by atoms with Gasteiger partial charge in [0.05, 0.1) is 0 Å². The first kappa shape index (κ1) is 16.3. The van der Waals surface area contributed by atoms with Crippen LogP contribution in [0.5, 0.6) is 0 Å². The fraction of sp³-hybridized carbons (Fsp3) is 0.818. The number of allylic oxidation sites excluding steroid dienone is 2. The SMILES string of the molecule is CCCCCCCC=C(C(F)(F)F)C(F)(F)F. The highest BCUT2D eigenvalue weighted by molar-refractivity contribution is 5.15. The number of rotatable bonds is 6. The van der Waals surface area contributed by atoms with Gasteiger partial charge < -0.3 is 0 Å². The van der Waals surface area contributed by atoms with Crippen LogP contribution in [0.2, 0.25) is 0 Å². The number of hydrogen-bond donors (Lipinski definition) is 0. The highest BCUT2D eigenvalue weighted by Gasteiger charge is 2.50. The topological polar surface area (TPSA) is 0 Å². The molecule has 17 heavy (non-hydrogen) atoms. The molecule has 0 aliphatic heterocycles. The lowest BCUT2D eigenvalue weighted by Gasteiger charge is -2.14. The molecule has 0 nitrogen and oxygen atoms in total. The van der Waals surface area contributed by atoms with Gasteiger partial charge in [-0.1, -0.05) is 38.7 Å². The van der Waals surface area contributed by atoms with Crippen molar-refractivity contribution in [2.45, 2.75) is 57.8 Å². The summed E-state index contributed by atoms with van der Waals surface area (Å²) in [6.45, 7) is 1.98. The van der Waals surface area contributed by atoms with Crippen LogP contribution in [0.1, 0.15) is 45.4 Å². The minimum atomic E-state index is -5.32. The van der Waals surface area contributed by atoms with E-state index < -0.39 is 17.9 Å². The highest BCUT2D eigenvalue weighted by Crippen LogP contribution is 2.38. The maximum atomic E-state index is 12.1. The Morgan fingerprint density at radius 1 is 0.824 bits per heavy atom. The van der Waals surface area contributed by atoms with E-state index >= 15 is 0 Å². The molecule has 0 aromatic carbocycles. The molecule has 0 aromatic heterocycles. The van der Waals surface area contributed by atoms with E-state index in [9.17, 15) is 26.3 Å². The van der Waals surface area contributed by atoms with Gasteiger partial charge in [-0.3, -0.25) is 0 Å². The zero-order valence-corrected chi connectivity index (χ0v) is 9.59. The van der Waals surface area contributed by atoms with Gasteiger partial charge in [0.25, 0.3) is 0 Å². The Hall–Kier alpha value is -0.680. The Morgan fingerprint density at radius 3 is 1.71 bits per heavy atom. The van der Waals surface area contributed by atoms with Gasteiger partial charge in [-0.15, -0.1) is 0 Å². The first-order valence-electron chi connectivity index (χ1n) is 5.54. The molecule has 0 atom stereocenters. The Morgan fingerprint density at radius 2 is 1.29 bits per heavy atom. The zero-order valence-electron chi connectivity index (χ0n) is 9.59. The lowest BCUT2D eigenvalue weighted by molar-refractivity contribution is -0.172. The molecule has 0 spiro atoms. The van der Waals surface area contributed by atoms with Gasteiger partial charge in [0.2, 0.25) is 0 Å². The molecule has 0 aromatic rings. The minimum absolute atomic E-state index is 0.182. The molecule has 0 fully saturated rings. The number of unbranched alkanes of at least 4 members (excludes halogenated alkanes) is 5. The van der Waals surface area contributed by atoms with Crippen LogP contribution in [0, 0.1) is 0 Å². The fourth-order valence-electron chi connectivity index (χ4n) is 1.39. The first-order valence-corrected chi connectivity index (χ1v) is 5.54. The van der Waals surface area contributed by atoms with Crippen LogP contribution >= 0.6 is 0 Å².